The summed E-state index contributed by atoms with van der Waals surface area (Å²) in [6, 6.07) is 8.10. The van der Waals surface area contributed by atoms with Gasteiger partial charge in [-0.2, -0.15) is 0 Å². The van der Waals surface area contributed by atoms with Gasteiger partial charge in [0.1, 0.15) is 0 Å². The van der Waals surface area contributed by atoms with Crippen molar-refractivity contribution >= 4 is 22.5 Å². The van der Waals surface area contributed by atoms with Crippen LogP contribution in [-0.4, -0.2) is 4.98 Å². The van der Waals surface area contributed by atoms with Crippen molar-refractivity contribution < 1.29 is 0 Å². The lowest BCUT2D eigenvalue weighted by molar-refractivity contribution is 0.874. The number of aromatic nitrogens is 1. The SMILES string of the molecule is CC(C)c1c(Cl)cnc2ccccc12. The van der Waals surface area contributed by atoms with E-state index in [1.54, 1.807) is 6.20 Å². The Kier molecular flexibility index (Phi) is 2.42. The van der Waals surface area contributed by atoms with Crippen LogP contribution in [0.3, 0.4) is 0 Å². The smallest absolute Gasteiger partial charge is 0.0705 e. The first-order chi connectivity index (χ1) is 6.70. The number of para-hydroxylation sites is 1. The lowest BCUT2D eigenvalue weighted by Crippen LogP contribution is -1.92. The molecule has 0 saturated carbocycles. The third-order valence-corrected chi connectivity index (χ3v) is 2.65. The van der Waals surface area contributed by atoms with Crippen LogP contribution in [0.5, 0.6) is 0 Å². The van der Waals surface area contributed by atoms with Crippen molar-refractivity contribution in [2.75, 3.05) is 0 Å². The number of halogens is 1. The van der Waals surface area contributed by atoms with E-state index in [0.717, 1.165) is 15.9 Å². The highest BCUT2D eigenvalue weighted by Gasteiger charge is 2.09. The van der Waals surface area contributed by atoms with E-state index in [-0.39, 0.29) is 0 Å². The van der Waals surface area contributed by atoms with Gasteiger partial charge in [0.05, 0.1) is 10.5 Å². The molecule has 1 aromatic carbocycles. The molecule has 0 aliphatic carbocycles. The van der Waals surface area contributed by atoms with Crippen molar-refractivity contribution in [3.63, 3.8) is 0 Å². The molecule has 0 spiro atoms. The van der Waals surface area contributed by atoms with Crippen LogP contribution in [-0.2, 0) is 0 Å². The van der Waals surface area contributed by atoms with Crippen LogP contribution < -0.4 is 0 Å². The van der Waals surface area contributed by atoms with Gasteiger partial charge in [-0.1, -0.05) is 43.6 Å². The summed E-state index contributed by atoms with van der Waals surface area (Å²) in [5.74, 6) is 0.426. The van der Waals surface area contributed by atoms with E-state index in [9.17, 15) is 0 Å². The van der Waals surface area contributed by atoms with E-state index in [1.165, 1.54) is 5.56 Å². The van der Waals surface area contributed by atoms with Crippen LogP contribution in [0.4, 0.5) is 0 Å². The first-order valence-electron chi connectivity index (χ1n) is 4.73. The summed E-state index contributed by atoms with van der Waals surface area (Å²) in [6.45, 7) is 4.29. The molecule has 0 fully saturated rings. The fraction of sp³-hybridized carbons (Fsp3) is 0.250. The Morgan fingerprint density at radius 1 is 1.21 bits per heavy atom. The van der Waals surface area contributed by atoms with E-state index in [4.69, 9.17) is 11.6 Å². The van der Waals surface area contributed by atoms with Crippen molar-refractivity contribution in [1.29, 1.82) is 0 Å². The van der Waals surface area contributed by atoms with Crippen LogP contribution >= 0.6 is 11.6 Å². The third kappa shape index (κ3) is 1.48. The molecule has 0 radical (unpaired) electrons. The number of benzene rings is 1. The van der Waals surface area contributed by atoms with Gasteiger partial charge >= 0.3 is 0 Å². The summed E-state index contributed by atoms with van der Waals surface area (Å²) >= 11 is 6.14. The molecule has 2 rings (SSSR count). The quantitative estimate of drug-likeness (QED) is 0.686. The van der Waals surface area contributed by atoms with Gasteiger partial charge in [-0.05, 0) is 17.5 Å². The van der Waals surface area contributed by atoms with Gasteiger partial charge in [0.15, 0.2) is 0 Å². The Morgan fingerprint density at radius 3 is 2.64 bits per heavy atom. The van der Waals surface area contributed by atoms with Gasteiger partial charge in [0, 0.05) is 11.6 Å². The number of fused-ring (bicyclic) bond motifs is 1. The van der Waals surface area contributed by atoms with Crippen molar-refractivity contribution in [2.45, 2.75) is 19.8 Å². The molecule has 0 saturated heterocycles. The molecule has 72 valence electrons. The number of pyridine rings is 1. The van der Waals surface area contributed by atoms with E-state index in [2.05, 4.69) is 24.9 Å². The Bertz CT molecular complexity index is 463. The first kappa shape index (κ1) is 9.47. The average molecular weight is 206 g/mol. The van der Waals surface area contributed by atoms with E-state index >= 15 is 0 Å². The summed E-state index contributed by atoms with van der Waals surface area (Å²) < 4.78 is 0. The van der Waals surface area contributed by atoms with Crippen molar-refractivity contribution in [2.24, 2.45) is 0 Å². The second-order valence-electron chi connectivity index (χ2n) is 3.69. The zero-order chi connectivity index (χ0) is 10.1. The van der Waals surface area contributed by atoms with Crippen LogP contribution in [0.2, 0.25) is 5.02 Å². The number of hydrogen-bond donors (Lipinski definition) is 0. The summed E-state index contributed by atoms with van der Waals surface area (Å²) in [4.78, 5) is 4.29. The van der Waals surface area contributed by atoms with E-state index in [0.29, 0.717) is 5.92 Å². The minimum Gasteiger partial charge on any atom is -0.255 e. The molecule has 1 nitrogen and oxygen atoms in total. The molecule has 0 aliphatic rings. The van der Waals surface area contributed by atoms with Gasteiger partial charge in [0.2, 0.25) is 0 Å². The van der Waals surface area contributed by atoms with Crippen molar-refractivity contribution in [1.82, 2.24) is 4.98 Å². The van der Waals surface area contributed by atoms with Crippen LogP contribution in [0.1, 0.15) is 25.3 Å². The summed E-state index contributed by atoms with van der Waals surface area (Å²) in [6.07, 6.45) is 1.74. The number of rotatable bonds is 1. The molecule has 0 unspecified atom stereocenters. The Hall–Kier alpha value is -1.08. The lowest BCUT2D eigenvalue weighted by Gasteiger charge is -2.11. The van der Waals surface area contributed by atoms with E-state index < -0.39 is 0 Å². The molecule has 2 aromatic rings. The number of hydrogen-bond acceptors (Lipinski definition) is 1. The highest BCUT2D eigenvalue weighted by molar-refractivity contribution is 6.32. The largest absolute Gasteiger partial charge is 0.255 e. The molecule has 0 amide bonds. The Labute approximate surface area is 88.7 Å². The summed E-state index contributed by atoms with van der Waals surface area (Å²) in [5.41, 5.74) is 2.21. The fourth-order valence-corrected chi connectivity index (χ4v) is 2.09. The molecule has 0 bridgehead atoms. The van der Waals surface area contributed by atoms with Gasteiger partial charge < -0.3 is 0 Å². The molecular formula is C12H12ClN. The zero-order valence-electron chi connectivity index (χ0n) is 8.29. The van der Waals surface area contributed by atoms with Crippen LogP contribution in [0.15, 0.2) is 30.5 Å². The van der Waals surface area contributed by atoms with Gasteiger partial charge in [-0.3, -0.25) is 4.98 Å². The topological polar surface area (TPSA) is 12.9 Å². The van der Waals surface area contributed by atoms with Gasteiger partial charge in [0.25, 0.3) is 0 Å². The monoisotopic (exact) mass is 205 g/mol. The Balaban J connectivity index is 2.83. The molecule has 0 aliphatic heterocycles. The first-order valence-corrected chi connectivity index (χ1v) is 5.11. The van der Waals surface area contributed by atoms with Crippen molar-refractivity contribution in [3.8, 4) is 0 Å². The zero-order valence-corrected chi connectivity index (χ0v) is 9.05. The van der Waals surface area contributed by atoms with Crippen LogP contribution in [0.25, 0.3) is 10.9 Å². The highest BCUT2D eigenvalue weighted by atomic mass is 35.5. The highest BCUT2D eigenvalue weighted by Crippen LogP contribution is 2.30. The minimum atomic E-state index is 0.426. The lowest BCUT2D eigenvalue weighted by atomic mass is 9.99. The molecular weight excluding hydrogens is 194 g/mol. The Morgan fingerprint density at radius 2 is 1.93 bits per heavy atom. The standard InChI is InChI=1S/C12H12ClN/c1-8(2)12-9-5-3-4-6-11(9)14-7-10(12)13/h3-8H,1-2H3. The second-order valence-corrected chi connectivity index (χ2v) is 4.10. The molecule has 1 heterocycles. The second kappa shape index (κ2) is 3.58. The predicted octanol–water partition coefficient (Wildman–Crippen LogP) is 4.01. The van der Waals surface area contributed by atoms with Crippen LogP contribution in [0, 0.1) is 0 Å². The minimum absolute atomic E-state index is 0.426. The normalized spacial score (nSPS) is 11.1. The molecule has 1 aromatic heterocycles. The average Bonchev–Trinajstić information content (AvgIpc) is 2.17. The maximum Gasteiger partial charge on any atom is 0.0705 e. The van der Waals surface area contributed by atoms with Gasteiger partial charge in [-0.15, -0.1) is 0 Å². The summed E-state index contributed by atoms with van der Waals surface area (Å²) in [5, 5.41) is 1.92. The molecule has 2 heteroatoms. The maximum absolute atomic E-state index is 6.14. The molecule has 0 N–H and O–H groups in total. The molecule has 0 atom stereocenters. The summed E-state index contributed by atoms with van der Waals surface area (Å²) in [7, 11) is 0. The molecule has 14 heavy (non-hydrogen) atoms. The maximum atomic E-state index is 6.14. The van der Waals surface area contributed by atoms with Gasteiger partial charge in [-0.25, -0.2) is 0 Å². The fourth-order valence-electron chi connectivity index (χ4n) is 1.73. The van der Waals surface area contributed by atoms with Crippen molar-refractivity contribution in [3.05, 3.63) is 41.0 Å². The predicted molar refractivity (Wildman–Crippen MR) is 60.8 cm³/mol. The number of nitrogens with zero attached hydrogens (tertiary/aromatic N) is 1. The third-order valence-electron chi connectivity index (χ3n) is 2.35. The van der Waals surface area contributed by atoms with E-state index in [1.807, 2.05) is 18.2 Å².